The number of carbonyl (C=O) groups is 1. The van der Waals surface area contributed by atoms with Gasteiger partial charge in [-0.2, -0.15) is 0 Å². The van der Waals surface area contributed by atoms with E-state index < -0.39 is 16.7 Å². The predicted octanol–water partition coefficient (Wildman–Crippen LogP) is 1.99. The molecule has 1 aromatic rings. The van der Waals surface area contributed by atoms with Crippen molar-refractivity contribution < 1.29 is 19.2 Å². The van der Waals surface area contributed by atoms with E-state index in [2.05, 4.69) is 0 Å². The van der Waals surface area contributed by atoms with Crippen LogP contribution in [-0.4, -0.2) is 16.0 Å². The Morgan fingerprint density at radius 1 is 1.40 bits per heavy atom. The standard InChI is InChI=1S/C9H6FNO4/c10-8(5-9(12)13)6-1-3-7(4-2-6)11(14)15/h1-5H,(H,12,13). The van der Waals surface area contributed by atoms with Crippen molar-refractivity contribution in [2.24, 2.45) is 0 Å². The number of hydrogen-bond acceptors (Lipinski definition) is 3. The van der Waals surface area contributed by atoms with E-state index >= 15 is 0 Å². The van der Waals surface area contributed by atoms with Crippen LogP contribution in [-0.2, 0) is 4.79 Å². The van der Waals surface area contributed by atoms with Crippen molar-refractivity contribution >= 4 is 17.5 Å². The molecule has 1 aromatic carbocycles. The number of nitrogens with zero attached hydrogens (tertiary/aromatic N) is 1. The fourth-order valence-corrected chi connectivity index (χ4v) is 0.934. The Morgan fingerprint density at radius 3 is 2.33 bits per heavy atom. The number of carboxylic acids is 1. The van der Waals surface area contributed by atoms with E-state index in [1.54, 1.807) is 0 Å². The zero-order valence-corrected chi connectivity index (χ0v) is 7.38. The molecule has 0 saturated heterocycles. The normalized spacial score (nSPS) is 11.1. The summed E-state index contributed by atoms with van der Waals surface area (Å²) >= 11 is 0. The van der Waals surface area contributed by atoms with Gasteiger partial charge in [0.15, 0.2) is 0 Å². The number of carboxylic acid groups (broad SMARTS) is 1. The minimum Gasteiger partial charge on any atom is -0.478 e. The Kier molecular flexibility index (Phi) is 3.12. The first-order valence-corrected chi connectivity index (χ1v) is 3.85. The van der Waals surface area contributed by atoms with Gasteiger partial charge in [0.1, 0.15) is 5.83 Å². The third kappa shape index (κ3) is 2.87. The van der Waals surface area contributed by atoms with Gasteiger partial charge in [0.05, 0.1) is 11.0 Å². The van der Waals surface area contributed by atoms with Gasteiger partial charge in [-0.05, 0) is 12.1 Å². The summed E-state index contributed by atoms with van der Waals surface area (Å²) < 4.78 is 13.0. The molecule has 0 spiro atoms. The third-order valence-electron chi connectivity index (χ3n) is 1.60. The fraction of sp³-hybridized carbons (Fsp3) is 0. The van der Waals surface area contributed by atoms with E-state index in [4.69, 9.17) is 5.11 Å². The zero-order valence-electron chi connectivity index (χ0n) is 7.38. The first-order valence-electron chi connectivity index (χ1n) is 3.85. The number of hydrogen-bond donors (Lipinski definition) is 1. The Balaban J connectivity index is 2.99. The minimum atomic E-state index is -1.41. The maximum absolute atomic E-state index is 13.0. The summed E-state index contributed by atoms with van der Waals surface area (Å²) in [6.45, 7) is 0. The van der Waals surface area contributed by atoms with Crippen molar-refractivity contribution in [3.05, 3.63) is 46.0 Å². The summed E-state index contributed by atoms with van der Waals surface area (Å²) in [5.41, 5.74) is -0.190. The second-order valence-corrected chi connectivity index (χ2v) is 2.63. The van der Waals surface area contributed by atoms with Crippen molar-refractivity contribution in [3.63, 3.8) is 0 Å². The van der Waals surface area contributed by atoms with Gasteiger partial charge in [-0.25, -0.2) is 9.18 Å². The van der Waals surface area contributed by atoms with Gasteiger partial charge in [-0.1, -0.05) is 0 Å². The van der Waals surface area contributed by atoms with Crippen LogP contribution < -0.4 is 0 Å². The smallest absolute Gasteiger partial charge is 0.331 e. The molecule has 0 heterocycles. The van der Waals surface area contributed by atoms with Crippen LogP contribution >= 0.6 is 0 Å². The van der Waals surface area contributed by atoms with Crippen molar-refractivity contribution in [1.29, 1.82) is 0 Å². The van der Waals surface area contributed by atoms with Crippen LogP contribution in [0, 0.1) is 10.1 Å². The van der Waals surface area contributed by atoms with Gasteiger partial charge >= 0.3 is 5.97 Å². The van der Waals surface area contributed by atoms with Crippen molar-refractivity contribution in [1.82, 2.24) is 0 Å². The highest BCUT2D eigenvalue weighted by molar-refractivity contribution is 5.88. The molecule has 0 bridgehead atoms. The lowest BCUT2D eigenvalue weighted by atomic mass is 10.2. The van der Waals surface area contributed by atoms with Crippen molar-refractivity contribution in [3.8, 4) is 0 Å². The molecule has 6 heteroatoms. The van der Waals surface area contributed by atoms with Gasteiger partial charge in [0.25, 0.3) is 5.69 Å². The number of aliphatic carboxylic acids is 1. The van der Waals surface area contributed by atoms with E-state index in [-0.39, 0.29) is 11.3 Å². The van der Waals surface area contributed by atoms with Gasteiger partial charge in [0.2, 0.25) is 0 Å². The van der Waals surface area contributed by atoms with Crippen molar-refractivity contribution in [2.75, 3.05) is 0 Å². The van der Waals surface area contributed by atoms with E-state index in [1.807, 2.05) is 0 Å². The molecule has 15 heavy (non-hydrogen) atoms. The summed E-state index contributed by atoms with van der Waals surface area (Å²) in [7, 11) is 0. The highest BCUT2D eigenvalue weighted by atomic mass is 19.1. The predicted molar refractivity (Wildman–Crippen MR) is 49.8 cm³/mol. The zero-order chi connectivity index (χ0) is 11.4. The molecular weight excluding hydrogens is 205 g/mol. The molecular formula is C9H6FNO4. The van der Waals surface area contributed by atoms with Crippen molar-refractivity contribution in [2.45, 2.75) is 0 Å². The summed E-state index contributed by atoms with van der Waals surface area (Å²) in [6, 6.07) is 4.50. The molecule has 0 unspecified atom stereocenters. The molecule has 0 radical (unpaired) electrons. The highest BCUT2D eigenvalue weighted by Gasteiger charge is 2.07. The molecule has 0 aliphatic rings. The molecule has 0 aliphatic heterocycles. The third-order valence-corrected chi connectivity index (χ3v) is 1.60. The van der Waals surface area contributed by atoms with E-state index in [0.29, 0.717) is 6.08 Å². The van der Waals surface area contributed by atoms with E-state index in [0.717, 1.165) is 24.3 Å². The minimum absolute atomic E-state index is 0.0111. The molecule has 1 N–H and O–H groups in total. The summed E-state index contributed by atoms with van der Waals surface area (Å²) in [4.78, 5) is 19.8. The lowest BCUT2D eigenvalue weighted by Gasteiger charge is -1.96. The summed E-state index contributed by atoms with van der Waals surface area (Å²) in [5, 5.41) is 18.5. The van der Waals surface area contributed by atoms with Crippen LogP contribution in [0.2, 0.25) is 0 Å². The number of rotatable bonds is 3. The van der Waals surface area contributed by atoms with Gasteiger partial charge in [-0.15, -0.1) is 0 Å². The van der Waals surface area contributed by atoms with Crippen LogP contribution in [0.25, 0.3) is 5.83 Å². The van der Waals surface area contributed by atoms with Gasteiger partial charge in [-0.3, -0.25) is 10.1 Å². The lowest BCUT2D eigenvalue weighted by molar-refractivity contribution is -0.384. The number of halogens is 1. The Bertz CT molecular complexity index is 424. The Hall–Kier alpha value is -2.24. The maximum Gasteiger partial charge on any atom is 0.331 e. The lowest BCUT2D eigenvalue weighted by Crippen LogP contribution is -1.90. The Morgan fingerprint density at radius 2 is 1.93 bits per heavy atom. The molecule has 0 amide bonds. The fourth-order valence-electron chi connectivity index (χ4n) is 0.934. The quantitative estimate of drug-likeness (QED) is 0.471. The maximum atomic E-state index is 13.0. The molecule has 0 fully saturated rings. The summed E-state index contributed by atoms with van der Waals surface area (Å²) in [6.07, 6.45) is 0.390. The monoisotopic (exact) mass is 211 g/mol. The van der Waals surface area contributed by atoms with Gasteiger partial charge in [0, 0.05) is 17.7 Å². The molecule has 0 aromatic heterocycles. The first kappa shape index (κ1) is 10.8. The van der Waals surface area contributed by atoms with Gasteiger partial charge < -0.3 is 5.11 Å². The average molecular weight is 211 g/mol. The number of non-ortho nitro benzene ring substituents is 1. The second kappa shape index (κ2) is 4.32. The highest BCUT2D eigenvalue weighted by Crippen LogP contribution is 2.19. The van der Waals surface area contributed by atoms with Crippen LogP contribution in [0.15, 0.2) is 30.3 Å². The van der Waals surface area contributed by atoms with E-state index in [1.165, 1.54) is 0 Å². The van der Waals surface area contributed by atoms with Crippen LogP contribution in [0.1, 0.15) is 5.56 Å². The van der Waals surface area contributed by atoms with Crippen LogP contribution in [0.3, 0.4) is 0 Å². The molecule has 1 rings (SSSR count). The molecule has 0 atom stereocenters. The average Bonchev–Trinajstić information content (AvgIpc) is 2.17. The molecule has 0 aliphatic carbocycles. The number of nitro groups is 1. The first-order chi connectivity index (χ1) is 7.00. The largest absolute Gasteiger partial charge is 0.478 e. The molecule has 5 nitrogen and oxygen atoms in total. The molecule has 0 saturated carbocycles. The summed E-state index contributed by atoms with van der Waals surface area (Å²) in [5.74, 6) is -2.36. The Labute approximate surface area is 83.6 Å². The van der Waals surface area contributed by atoms with Crippen LogP contribution in [0.5, 0.6) is 0 Å². The SMILES string of the molecule is O=C(O)C=C(F)c1ccc([N+](=O)[O-])cc1. The second-order valence-electron chi connectivity index (χ2n) is 2.63. The van der Waals surface area contributed by atoms with E-state index in [9.17, 15) is 19.3 Å². The number of benzene rings is 1. The topological polar surface area (TPSA) is 80.4 Å². The molecule has 78 valence electrons. The van der Waals surface area contributed by atoms with Crippen LogP contribution in [0.4, 0.5) is 10.1 Å². The number of nitro benzene ring substituents is 1.